The Hall–Kier alpha value is -1.97. The predicted molar refractivity (Wildman–Crippen MR) is 137 cm³/mol. The van der Waals surface area contributed by atoms with Gasteiger partial charge in [0.25, 0.3) is 11.8 Å². The van der Waals surface area contributed by atoms with E-state index in [1.165, 1.54) is 11.3 Å². The lowest BCUT2D eigenvalue weighted by Crippen LogP contribution is -2.34. The number of amides is 2. The van der Waals surface area contributed by atoms with Crippen molar-refractivity contribution in [3.63, 3.8) is 0 Å². The number of thiocarbonyl (C=S) groups is 1. The second-order valence-electron chi connectivity index (χ2n) is 8.86. The fourth-order valence-electron chi connectivity index (χ4n) is 3.90. The number of primary amides is 1. The zero-order valence-electron chi connectivity index (χ0n) is 18.6. The van der Waals surface area contributed by atoms with E-state index in [4.69, 9.17) is 22.7 Å². The number of nitrogens with one attached hydrogen (secondary N) is 2. The van der Waals surface area contributed by atoms with Crippen molar-refractivity contribution in [1.82, 2.24) is 5.32 Å². The number of carbonyl (C=O) groups excluding carboxylic acids is 2. The van der Waals surface area contributed by atoms with Crippen LogP contribution in [0.25, 0.3) is 0 Å². The molecule has 1 aromatic carbocycles. The number of ether oxygens (including phenoxy) is 1. The number of carbonyl (C=O) groups is 2. The van der Waals surface area contributed by atoms with Crippen molar-refractivity contribution >= 4 is 61.4 Å². The molecule has 6 nitrogen and oxygen atoms in total. The van der Waals surface area contributed by atoms with Crippen LogP contribution in [-0.2, 0) is 12.8 Å². The van der Waals surface area contributed by atoms with Gasteiger partial charge in [0, 0.05) is 10.4 Å². The van der Waals surface area contributed by atoms with Crippen molar-refractivity contribution in [3.8, 4) is 5.75 Å². The molecule has 0 aliphatic heterocycles. The van der Waals surface area contributed by atoms with Gasteiger partial charge in [0.15, 0.2) is 5.11 Å². The van der Waals surface area contributed by atoms with Gasteiger partial charge in [0.1, 0.15) is 10.8 Å². The molecule has 0 radical (unpaired) electrons. The topological polar surface area (TPSA) is 93.4 Å². The molecule has 0 saturated heterocycles. The first-order chi connectivity index (χ1) is 15.0. The van der Waals surface area contributed by atoms with E-state index in [0.717, 1.165) is 29.7 Å². The standard InChI is InChI=1S/C23H28BrN3O3S2/c1-5-30-16-9-6-12(10-15(16)24)20(29)26-22(31)27-21-18(19(25)28)14-8-7-13(23(2,3)4)11-17(14)32-21/h6,9-10,13H,5,7-8,11H2,1-4H3,(H2,25,28)(H2,26,27,29,31). The average Bonchev–Trinajstić information content (AvgIpc) is 3.05. The van der Waals surface area contributed by atoms with Gasteiger partial charge in [-0.3, -0.25) is 14.9 Å². The number of nitrogens with two attached hydrogens (primary N) is 1. The molecule has 1 aliphatic rings. The highest BCUT2D eigenvalue weighted by Gasteiger charge is 2.33. The molecule has 1 heterocycles. The molecule has 4 N–H and O–H groups in total. The van der Waals surface area contributed by atoms with Crippen LogP contribution < -0.4 is 21.1 Å². The third kappa shape index (κ3) is 5.50. The Labute approximate surface area is 206 Å². The summed E-state index contributed by atoms with van der Waals surface area (Å²) in [5.74, 6) is 0.352. The molecule has 1 atom stereocenters. The minimum absolute atomic E-state index is 0.119. The average molecular weight is 539 g/mol. The van der Waals surface area contributed by atoms with E-state index in [1.807, 2.05) is 6.92 Å². The fourth-order valence-corrected chi connectivity index (χ4v) is 5.99. The largest absolute Gasteiger partial charge is 0.493 e. The highest BCUT2D eigenvalue weighted by Crippen LogP contribution is 2.44. The number of hydrogen-bond donors (Lipinski definition) is 3. The molecule has 32 heavy (non-hydrogen) atoms. The molecule has 0 bridgehead atoms. The summed E-state index contributed by atoms with van der Waals surface area (Å²) in [5, 5.41) is 6.42. The van der Waals surface area contributed by atoms with Crippen LogP contribution in [0.3, 0.4) is 0 Å². The molecule has 0 spiro atoms. The Balaban J connectivity index is 1.75. The van der Waals surface area contributed by atoms with E-state index < -0.39 is 5.91 Å². The van der Waals surface area contributed by atoms with Crippen molar-refractivity contribution in [2.24, 2.45) is 17.1 Å². The second-order valence-corrected chi connectivity index (χ2v) is 11.2. The highest BCUT2D eigenvalue weighted by atomic mass is 79.9. The predicted octanol–water partition coefficient (Wildman–Crippen LogP) is 5.29. The van der Waals surface area contributed by atoms with Crippen LogP contribution in [-0.4, -0.2) is 23.5 Å². The molecule has 2 amide bonds. The SMILES string of the molecule is CCOc1ccc(C(=O)NC(=S)Nc2sc3c(c2C(N)=O)CCC(C(C)(C)C)C3)cc1Br. The van der Waals surface area contributed by atoms with E-state index in [9.17, 15) is 9.59 Å². The van der Waals surface area contributed by atoms with Crippen LogP contribution in [0.1, 0.15) is 65.3 Å². The molecule has 3 rings (SSSR count). The Morgan fingerprint density at radius 1 is 1.34 bits per heavy atom. The summed E-state index contributed by atoms with van der Waals surface area (Å²) in [6.07, 6.45) is 2.73. The Bertz CT molecular complexity index is 1060. The van der Waals surface area contributed by atoms with Gasteiger partial charge >= 0.3 is 0 Å². The normalized spacial score (nSPS) is 15.6. The van der Waals surface area contributed by atoms with Gasteiger partial charge < -0.3 is 15.8 Å². The van der Waals surface area contributed by atoms with Crippen molar-refractivity contribution < 1.29 is 14.3 Å². The molecule has 0 fully saturated rings. The Morgan fingerprint density at radius 3 is 2.66 bits per heavy atom. The number of fused-ring (bicyclic) bond motifs is 1. The van der Waals surface area contributed by atoms with Crippen LogP contribution >= 0.6 is 39.5 Å². The Morgan fingerprint density at radius 2 is 2.06 bits per heavy atom. The maximum Gasteiger partial charge on any atom is 0.257 e. The van der Waals surface area contributed by atoms with E-state index in [1.54, 1.807) is 18.2 Å². The summed E-state index contributed by atoms with van der Waals surface area (Å²) >= 11 is 10.3. The van der Waals surface area contributed by atoms with Gasteiger partial charge in [-0.2, -0.15) is 0 Å². The first kappa shape index (κ1) is 24.7. The summed E-state index contributed by atoms with van der Waals surface area (Å²) < 4.78 is 6.16. The van der Waals surface area contributed by atoms with Crippen LogP contribution in [0.15, 0.2) is 22.7 Å². The van der Waals surface area contributed by atoms with Gasteiger partial charge in [0.05, 0.1) is 16.6 Å². The minimum Gasteiger partial charge on any atom is -0.493 e. The van der Waals surface area contributed by atoms with Crippen LogP contribution in [0, 0.1) is 11.3 Å². The van der Waals surface area contributed by atoms with Gasteiger partial charge in [-0.25, -0.2) is 0 Å². The molecule has 9 heteroatoms. The number of anilines is 1. The molecule has 0 saturated carbocycles. The van der Waals surface area contributed by atoms with Gasteiger partial charge in [-0.15, -0.1) is 11.3 Å². The molecule has 1 aromatic heterocycles. The molecule has 1 aliphatic carbocycles. The summed E-state index contributed by atoms with van der Waals surface area (Å²) in [6.45, 7) is 9.15. The maximum absolute atomic E-state index is 12.6. The number of hydrogen-bond acceptors (Lipinski definition) is 5. The summed E-state index contributed by atoms with van der Waals surface area (Å²) in [5.41, 5.74) is 7.82. The zero-order chi connectivity index (χ0) is 23.6. The van der Waals surface area contributed by atoms with Crippen molar-refractivity contribution in [2.45, 2.75) is 47.0 Å². The van der Waals surface area contributed by atoms with Crippen molar-refractivity contribution in [1.29, 1.82) is 0 Å². The summed E-state index contributed by atoms with van der Waals surface area (Å²) in [7, 11) is 0. The quantitative estimate of drug-likeness (QED) is 0.450. The van der Waals surface area contributed by atoms with Gasteiger partial charge in [-0.05, 0) is 89.4 Å². The second kappa shape index (κ2) is 9.89. The third-order valence-electron chi connectivity index (χ3n) is 5.68. The van der Waals surface area contributed by atoms with E-state index in [-0.39, 0.29) is 16.4 Å². The molecule has 2 aromatic rings. The number of thiophene rings is 1. The van der Waals surface area contributed by atoms with E-state index in [0.29, 0.717) is 38.9 Å². The smallest absolute Gasteiger partial charge is 0.257 e. The lowest BCUT2D eigenvalue weighted by Gasteiger charge is -2.33. The molecule has 1 unspecified atom stereocenters. The zero-order valence-corrected chi connectivity index (χ0v) is 21.9. The number of rotatable bonds is 5. The summed E-state index contributed by atoms with van der Waals surface area (Å²) in [4.78, 5) is 26.0. The minimum atomic E-state index is -0.483. The van der Waals surface area contributed by atoms with Gasteiger partial charge in [0.2, 0.25) is 0 Å². The van der Waals surface area contributed by atoms with Crippen LogP contribution in [0.5, 0.6) is 5.75 Å². The van der Waals surface area contributed by atoms with Crippen molar-refractivity contribution in [2.75, 3.05) is 11.9 Å². The van der Waals surface area contributed by atoms with E-state index in [2.05, 4.69) is 47.3 Å². The lowest BCUT2D eigenvalue weighted by atomic mass is 9.72. The van der Waals surface area contributed by atoms with Crippen molar-refractivity contribution in [3.05, 3.63) is 44.2 Å². The third-order valence-corrected chi connectivity index (χ3v) is 7.68. The summed E-state index contributed by atoms with van der Waals surface area (Å²) in [6, 6.07) is 5.07. The number of halogens is 1. The fraction of sp³-hybridized carbons (Fsp3) is 0.435. The highest BCUT2D eigenvalue weighted by molar-refractivity contribution is 9.10. The maximum atomic E-state index is 12.6. The molecule has 172 valence electrons. The van der Waals surface area contributed by atoms with E-state index >= 15 is 0 Å². The Kier molecular flexibility index (Phi) is 7.62. The van der Waals surface area contributed by atoms with Gasteiger partial charge in [-0.1, -0.05) is 20.8 Å². The van der Waals surface area contributed by atoms with Crippen LogP contribution in [0.2, 0.25) is 0 Å². The molecular formula is C23H28BrN3O3S2. The monoisotopic (exact) mass is 537 g/mol. The first-order valence-corrected chi connectivity index (χ1v) is 12.5. The number of benzene rings is 1. The first-order valence-electron chi connectivity index (χ1n) is 10.5. The van der Waals surface area contributed by atoms with Crippen LogP contribution in [0.4, 0.5) is 5.00 Å². The molecular weight excluding hydrogens is 510 g/mol. The lowest BCUT2D eigenvalue weighted by molar-refractivity contribution is 0.0975.